The number of ether oxygens (including phenoxy) is 2. The summed E-state index contributed by atoms with van der Waals surface area (Å²) in [6.07, 6.45) is 3.03. The molecule has 178 valence electrons. The zero-order valence-electron chi connectivity index (χ0n) is 18.8. The van der Waals surface area contributed by atoms with Gasteiger partial charge in [-0.3, -0.25) is 4.79 Å². The third-order valence-corrected chi connectivity index (χ3v) is 7.95. The Morgan fingerprint density at radius 3 is 2.68 bits per heavy atom. The number of aryl methyl sites for hydroxylation is 1. The predicted octanol–water partition coefficient (Wildman–Crippen LogP) is 3.65. The molecule has 2 aromatic carbocycles. The second-order valence-electron chi connectivity index (χ2n) is 9.10. The molecule has 0 radical (unpaired) electrons. The van der Waals surface area contributed by atoms with Gasteiger partial charge in [-0.25, -0.2) is 12.8 Å². The SMILES string of the molecule is Cn1ncc(NC(=O)c2cc(Oc3ccc(S(=O)(=O)C4CC4)c(F)c3)c3c(c2)OC(C)(C)C3)n1. The molecule has 1 N–H and O–H groups in total. The molecule has 1 aromatic heterocycles. The highest BCUT2D eigenvalue weighted by Crippen LogP contribution is 2.43. The Bertz CT molecular complexity index is 1410. The minimum atomic E-state index is -3.67. The lowest BCUT2D eigenvalue weighted by atomic mass is 9.99. The van der Waals surface area contributed by atoms with E-state index in [2.05, 4.69) is 15.5 Å². The van der Waals surface area contributed by atoms with Crippen LogP contribution in [0.15, 0.2) is 41.4 Å². The summed E-state index contributed by atoms with van der Waals surface area (Å²) in [6.45, 7) is 3.82. The van der Waals surface area contributed by atoms with E-state index in [1.807, 2.05) is 13.8 Å². The van der Waals surface area contributed by atoms with Gasteiger partial charge in [0.1, 0.15) is 33.6 Å². The molecule has 0 atom stereocenters. The van der Waals surface area contributed by atoms with Crippen LogP contribution < -0.4 is 14.8 Å². The van der Waals surface area contributed by atoms with Crippen molar-refractivity contribution in [3.8, 4) is 17.2 Å². The van der Waals surface area contributed by atoms with Crippen LogP contribution in [-0.2, 0) is 23.3 Å². The van der Waals surface area contributed by atoms with Crippen LogP contribution in [0.25, 0.3) is 0 Å². The first-order valence-electron chi connectivity index (χ1n) is 10.8. The van der Waals surface area contributed by atoms with Gasteiger partial charge in [0.25, 0.3) is 5.91 Å². The van der Waals surface area contributed by atoms with Crippen molar-refractivity contribution in [2.45, 2.75) is 48.9 Å². The fraction of sp³-hybridized carbons (Fsp3) is 0.348. The van der Waals surface area contributed by atoms with Gasteiger partial charge in [-0.05, 0) is 51.0 Å². The number of amides is 1. The Hall–Kier alpha value is -3.47. The summed E-state index contributed by atoms with van der Waals surface area (Å²) in [5.74, 6) is -0.102. The van der Waals surface area contributed by atoms with E-state index in [1.54, 1.807) is 19.2 Å². The molecule has 3 aromatic rings. The smallest absolute Gasteiger partial charge is 0.257 e. The maximum atomic E-state index is 14.7. The third-order valence-electron chi connectivity index (χ3n) is 5.66. The van der Waals surface area contributed by atoms with Crippen molar-refractivity contribution in [3.05, 3.63) is 53.5 Å². The maximum Gasteiger partial charge on any atom is 0.257 e. The first-order valence-corrected chi connectivity index (χ1v) is 12.3. The number of nitrogens with one attached hydrogen (secondary N) is 1. The number of hydrogen-bond donors (Lipinski definition) is 1. The molecule has 1 aliphatic heterocycles. The van der Waals surface area contributed by atoms with Crippen molar-refractivity contribution in [3.63, 3.8) is 0 Å². The molecule has 0 saturated heterocycles. The van der Waals surface area contributed by atoms with E-state index in [0.717, 1.165) is 11.6 Å². The number of hydrogen-bond acceptors (Lipinski definition) is 7. The van der Waals surface area contributed by atoms with Crippen LogP contribution >= 0.6 is 0 Å². The molecule has 0 spiro atoms. The van der Waals surface area contributed by atoms with Gasteiger partial charge in [0, 0.05) is 30.7 Å². The summed E-state index contributed by atoms with van der Waals surface area (Å²) in [5.41, 5.74) is 0.468. The van der Waals surface area contributed by atoms with Gasteiger partial charge < -0.3 is 14.8 Å². The molecule has 0 unspecified atom stereocenters. The van der Waals surface area contributed by atoms with E-state index >= 15 is 0 Å². The van der Waals surface area contributed by atoms with Crippen LogP contribution in [0.3, 0.4) is 0 Å². The molecule has 11 heteroatoms. The molecule has 5 rings (SSSR count). The summed E-state index contributed by atoms with van der Waals surface area (Å²) < 4.78 is 51.5. The third kappa shape index (κ3) is 4.23. The Balaban J connectivity index is 1.47. The number of carbonyl (C=O) groups excluding carboxylic acids is 1. The number of sulfone groups is 1. The normalized spacial score (nSPS) is 16.6. The fourth-order valence-electron chi connectivity index (χ4n) is 3.92. The fourth-order valence-corrected chi connectivity index (χ4v) is 5.62. The number of benzene rings is 2. The molecule has 2 aliphatic rings. The molecule has 1 amide bonds. The summed E-state index contributed by atoms with van der Waals surface area (Å²) >= 11 is 0. The van der Waals surface area contributed by atoms with Crippen molar-refractivity contribution >= 4 is 21.6 Å². The van der Waals surface area contributed by atoms with E-state index in [0.29, 0.717) is 30.8 Å². The highest BCUT2D eigenvalue weighted by Gasteiger charge is 2.39. The van der Waals surface area contributed by atoms with E-state index in [9.17, 15) is 17.6 Å². The number of halogens is 1. The van der Waals surface area contributed by atoms with Crippen molar-refractivity contribution in [1.29, 1.82) is 0 Å². The molecular formula is C23H23FN4O5S. The average Bonchev–Trinajstić information content (AvgIpc) is 3.46. The van der Waals surface area contributed by atoms with Crippen LogP contribution in [-0.4, -0.2) is 40.2 Å². The van der Waals surface area contributed by atoms with Gasteiger partial charge in [0.15, 0.2) is 15.7 Å². The van der Waals surface area contributed by atoms with Crippen molar-refractivity contribution in [1.82, 2.24) is 15.0 Å². The van der Waals surface area contributed by atoms with Gasteiger partial charge in [-0.15, -0.1) is 5.10 Å². The number of anilines is 1. The molecule has 0 bridgehead atoms. The van der Waals surface area contributed by atoms with Crippen LogP contribution in [0.5, 0.6) is 17.2 Å². The second kappa shape index (κ2) is 7.79. The lowest BCUT2D eigenvalue weighted by Crippen LogP contribution is -2.24. The Kier molecular flexibility index (Phi) is 5.12. The van der Waals surface area contributed by atoms with Gasteiger partial charge in [-0.1, -0.05) is 0 Å². The Labute approximate surface area is 195 Å². The van der Waals surface area contributed by atoms with Gasteiger partial charge >= 0.3 is 0 Å². The molecule has 1 fully saturated rings. The van der Waals surface area contributed by atoms with E-state index in [-0.39, 0.29) is 22.0 Å². The molecule has 1 saturated carbocycles. The number of nitrogens with zero attached hydrogens (tertiary/aromatic N) is 3. The quantitative estimate of drug-likeness (QED) is 0.566. The lowest BCUT2D eigenvalue weighted by molar-refractivity contribution is 0.102. The van der Waals surface area contributed by atoms with Gasteiger partial charge in [-0.2, -0.15) is 9.90 Å². The molecule has 2 heterocycles. The Morgan fingerprint density at radius 2 is 2.03 bits per heavy atom. The van der Waals surface area contributed by atoms with Gasteiger partial charge in [0.05, 0.1) is 11.4 Å². The summed E-state index contributed by atoms with van der Waals surface area (Å²) in [6, 6.07) is 6.85. The first kappa shape index (κ1) is 22.3. The van der Waals surface area contributed by atoms with Crippen LogP contribution in [0, 0.1) is 5.82 Å². The number of rotatable bonds is 6. The molecule has 1 aliphatic carbocycles. The van der Waals surface area contributed by atoms with Crippen molar-refractivity contribution in [2.24, 2.45) is 7.05 Å². The molecule has 9 nitrogen and oxygen atoms in total. The molecular weight excluding hydrogens is 463 g/mol. The summed E-state index contributed by atoms with van der Waals surface area (Å²) in [5, 5.41) is 10.1. The van der Waals surface area contributed by atoms with E-state index in [1.165, 1.54) is 23.1 Å². The number of fused-ring (bicyclic) bond motifs is 1. The highest BCUT2D eigenvalue weighted by molar-refractivity contribution is 7.92. The number of aromatic nitrogens is 3. The van der Waals surface area contributed by atoms with Crippen LogP contribution in [0.4, 0.5) is 10.2 Å². The van der Waals surface area contributed by atoms with Crippen molar-refractivity contribution < 1.29 is 27.1 Å². The van der Waals surface area contributed by atoms with E-state index in [4.69, 9.17) is 9.47 Å². The standard InChI is InChI=1S/C23H23FN4O5S/c1-23(2)11-16-18(32-14-4-7-20(17(24)10-14)34(30,31)15-5-6-15)8-13(9-19(16)33-23)22(29)26-21-12-25-28(3)27-21/h4,7-10,12,15H,5-6,11H2,1-3H3,(H,26,27,29). The second-order valence-corrected chi connectivity index (χ2v) is 11.3. The minimum Gasteiger partial charge on any atom is -0.487 e. The zero-order valence-corrected chi connectivity index (χ0v) is 19.6. The average molecular weight is 487 g/mol. The maximum absolute atomic E-state index is 14.7. The lowest BCUT2D eigenvalue weighted by Gasteiger charge is -2.16. The predicted molar refractivity (Wildman–Crippen MR) is 120 cm³/mol. The summed E-state index contributed by atoms with van der Waals surface area (Å²) in [4.78, 5) is 13.8. The summed E-state index contributed by atoms with van der Waals surface area (Å²) in [7, 11) is -2.04. The Morgan fingerprint density at radius 1 is 1.26 bits per heavy atom. The minimum absolute atomic E-state index is 0.116. The van der Waals surface area contributed by atoms with Crippen LogP contribution in [0.1, 0.15) is 42.6 Å². The number of carbonyl (C=O) groups is 1. The topological polar surface area (TPSA) is 112 Å². The zero-order chi connectivity index (χ0) is 24.3. The van der Waals surface area contributed by atoms with Crippen molar-refractivity contribution in [2.75, 3.05) is 5.32 Å². The van der Waals surface area contributed by atoms with Crippen LogP contribution in [0.2, 0.25) is 0 Å². The molecule has 34 heavy (non-hydrogen) atoms. The van der Waals surface area contributed by atoms with Gasteiger partial charge in [0.2, 0.25) is 0 Å². The monoisotopic (exact) mass is 486 g/mol. The first-order chi connectivity index (χ1) is 16.0. The highest BCUT2D eigenvalue weighted by atomic mass is 32.2. The largest absolute Gasteiger partial charge is 0.487 e. The van der Waals surface area contributed by atoms with E-state index < -0.39 is 32.4 Å².